The zero-order valence-electron chi connectivity index (χ0n) is 17.9. The predicted octanol–water partition coefficient (Wildman–Crippen LogP) is 4.67. The molecule has 0 radical (unpaired) electrons. The van der Waals surface area contributed by atoms with Crippen molar-refractivity contribution in [3.63, 3.8) is 0 Å². The van der Waals surface area contributed by atoms with Crippen LogP contribution in [-0.4, -0.2) is 46.3 Å². The molecule has 8 heteroatoms. The molecule has 5 nitrogen and oxygen atoms in total. The second kappa shape index (κ2) is 9.48. The Kier molecular flexibility index (Phi) is 6.69. The standard InChI is InChI=1S/C24H28F3N3O2/c25-19-9-7-17(12-20(19)26)21(13-22(31)32)30-14-24(27,15-30)10-2-1-5-18-8-6-16-4-3-11-28-23(16)29-18/h6-9,12,21H,1-5,10-11,13-15H2,(H,28,29)(H,31,32). The van der Waals surface area contributed by atoms with Crippen LogP contribution in [0.4, 0.5) is 19.0 Å². The number of fused-ring (bicyclic) bond motifs is 1. The van der Waals surface area contributed by atoms with Crippen molar-refractivity contribution in [3.05, 3.63) is 58.8 Å². The molecule has 1 saturated heterocycles. The molecule has 0 bridgehead atoms. The number of carbonyl (C=O) groups is 1. The molecule has 2 aliphatic heterocycles. The number of aliphatic carboxylic acids is 1. The highest BCUT2D eigenvalue weighted by molar-refractivity contribution is 5.68. The van der Waals surface area contributed by atoms with E-state index >= 15 is 4.39 Å². The van der Waals surface area contributed by atoms with E-state index < -0.39 is 29.3 Å². The zero-order chi connectivity index (χ0) is 22.7. The van der Waals surface area contributed by atoms with Crippen LogP contribution in [0.15, 0.2) is 30.3 Å². The summed E-state index contributed by atoms with van der Waals surface area (Å²) in [6.45, 7) is 1.12. The average molecular weight is 448 g/mol. The van der Waals surface area contributed by atoms with Crippen molar-refractivity contribution in [3.8, 4) is 0 Å². The highest BCUT2D eigenvalue weighted by Crippen LogP contribution is 2.38. The second-order valence-corrected chi connectivity index (χ2v) is 8.89. The summed E-state index contributed by atoms with van der Waals surface area (Å²) in [4.78, 5) is 17.6. The van der Waals surface area contributed by atoms with Crippen LogP contribution in [0.1, 0.15) is 55.0 Å². The summed E-state index contributed by atoms with van der Waals surface area (Å²) in [6, 6.07) is 6.82. The minimum Gasteiger partial charge on any atom is -0.481 e. The Balaban J connectivity index is 1.28. The van der Waals surface area contributed by atoms with Gasteiger partial charge in [-0.15, -0.1) is 0 Å². The highest BCUT2D eigenvalue weighted by Gasteiger charge is 2.46. The average Bonchev–Trinajstić information content (AvgIpc) is 2.75. The van der Waals surface area contributed by atoms with E-state index in [1.165, 1.54) is 11.6 Å². The number of carboxylic acid groups (broad SMARTS) is 1. The van der Waals surface area contributed by atoms with E-state index in [2.05, 4.69) is 16.4 Å². The van der Waals surface area contributed by atoms with Gasteiger partial charge in [0.15, 0.2) is 11.6 Å². The number of benzene rings is 1. The summed E-state index contributed by atoms with van der Waals surface area (Å²) in [5.41, 5.74) is 1.20. The molecule has 1 fully saturated rings. The van der Waals surface area contributed by atoms with Crippen LogP contribution in [0.25, 0.3) is 0 Å². The van der Waals surface area contributed by atoms with Crippen molar-refractivity contribution in [2.75, 3.05) is 25.0 Å². The molecule has 1 aromatic heterocycles. The van der Waals surface area contributed by atoms with E-state index in [4.69, 9.17) is 0 Å². The SMILES string of the molecule is O=C(O)CC(c1ccc(F)c(F)c1)N1CC(F)(CCCCc2ccc3c(n2)NCCC3)C1. The van der Waals surface area contributed by atoms with Gasteiger partial charge in [-0.1, -0.05) is 12.1 Å². The monoisotopic (exact) mass is 447 g/mol. The van der Waals surface area contributed by atoms with Gasteiger partial charge in [-0.25, -0.2) is 18.2 Å². The fraction of sp³-hybridized carbons (Fsp3) is 0.500. The maximum absolute atomic E-state index is 15.1. The number of unbranched alkanes of at least 4 members (excludes halogenated alkanes) is 1. The number of anilines is 1. The van der Waals surface area contributed by atoms with Crippen molar-refractivity contribution in [1.82, 2.24) is 9.88 Å². The van der Waals surface area contributed by atoms with Crippen LogP contribution in [0.2, 0.25) is 0 Å². The van der Waals surface area contributed by atoms with Gasteiger partial charge in [0.1, 0.15) is 11.5 Å². The van der Waals surface area contributed by atoms with Crippen LogP contribution >= 0.6 is 0 Å². The lowest BCUT2D eigenvalue weighted by molar-refractivity contribution is -0.141. The predicted molar refractivity (Wildman–Crippen MR) is 115 cm³/mol. The molecule has 0 aliphatic carbocycles. The number of aromatic nitrogens is 1. The molecule has 2 aromatic rings. The van der Waals surface area contributed by atoms with Crippen molar-refractivity contribution in [2.24, 2.45) is 0 Å². The van der Waals surface area contributed by atoms with Gasteiger partial charge in [-0.2, -0.15) is 0 Å². The van der Waals surface area contributed by atoms with E-state index in [9.17, 15) is 18.7 Å². The maximum Gasteiger partial charge on any atom is 0.305 e. The van der Waals surface area contributed by atoms with Gasteiger partial charge in [0.2, 0.25) is 0 Å². The lowest BCUT2D eigenvalue weighted by atomic mass is 9.86. The Morgan fingerprint density at radius 2 is 2.00 bits per heavy atom. The number of rotatable bonds is 9. The fourth-order valence-corrected chi connectivity index (χ4v) is 4.66. The molecule has 1 aromatic carbocycles. The summed E-state index contributed by atoms with van der Waals surface area (Å²) in [7, 11) is 0. The summed E-state index contributed by atoms with van der Waals surface area (Å²) < 4.78 is 42.0. The quantitative estimate of drug-likeness (QED) is 0.547. The Labute approximate surface area is 185 Å². The van der Waals surface area contributed by atoms with Crippen LogP contribution in [-0.2, 0) is 17.6 Å². The zero-order valence-corrected chi connectivity index (χ0v) is 17.9. The van der Waals surface area contributed by atoms with Gasteiger partial charge in [0.05, 0.1) is 6.42 Å². The number of carboxylic acids is 1. The molecule has 1 atom stereocenters. The molecule has 1 unspecified atom stereocenters. The second-order valence-electron chi connectivity index (χ2n) is 8.89. The van der Waals surface area contributed by atoms with E-state index in [-0.39, 0.29) is 19.5 Å². The molecule has 0 saturated carbocycles. The van der Waals surface area contributed by atoms with Crippen molar-refractivity contribution in [2.45, 2.75) is 56.7 Å². The van der Waals surface area contributed by atoms with Gasteiger partial charge in [0, 0.05) is 31.4 Å². The number of pyridine rings is 1. The molecule has 0 amide bonds. The number of likely N-dealkylation sites (tertiary alicyclic amines) is 1. The lowest BCUT2D eigenvalue weighted by Gasteiger charge is -2.48. The van der Waals surface area contributed by atoms with Crippen molar-refractivity contribution < 1.29 is 23.1 Å². The molecule has 4 rings (SSSR count). The Morgan fingerprint density at radius 1 is 1.19 bits per heavy atom. The summed E-state index contributed by atoms with van der Waals surface area (Å²) in [6.07, 6.45) is 4.55. The van der Waals surface area contributed by atoms with Crippen LogP contribution in [0, 0.1) is 11.6 Å². The number of hydrogen-bond donors (Lipinski definition) is 2. The minimum atomic E-state index is -1.39. The van der Waals surface area contributed by atoms with E-state index in [1.54, 1.807) is 4.90 Å². The Hall–Kier alpha value is -2.61. The maximum atomic E-state index is 15.1. The van der Waals surface area contributed by atoms with Crippen molar-refractivity contribution in [1.29, 1.82) is 0 Å². The third-order valence-corrected chi connectivity index (χ3v) is 6.37. The highest BCUT2D eigenvalue weighted by atomic mass is 19.2. The third kappa shape index (κ3) is 5.23. The van der Waals surface area contributed by atoms with Gasteiger partial charge in [0.25, 0.3) is 0 Å². The molecule has 32 heavy (non-hydrogen) atoms. The molecule has 2 aliphatic rings. The Bertz CT molecular complexity index is 979. The third-order valence-electron chi connectivity index (χ3n) is 6.37. The van der Waals surface area contributed by atoms with Crippen LogP contribution < -0.4 is 5.32 Å². The normalized spacial score (nSPS) is 18.3. The van der Waals surface area contributed by atoms with Gasteiger partial charge >= 0.3 is 5.97 Å². The summed E-state index contributed by atoms with van der Waals surface area (Å²) in [5.74, 6) is -2.12. The minimum absolute atomic E-state index is 0.0883. The fourth-order valence-electron chi connectivity index (χ4n) is 4.66. The van der Waals surface area contributed by atoms with Gasteiger partial charge < -0.3 is 10.4 Å². The number of hydrogen-bond acceptors (Lipinski definition) is 4. The molecule has 0 spiro atoms. The number of alkyl halides is 1. The van der Waals surface area contributed by atoms with E-state index in [1.807, 2.05) is 6.07 Å². The lowest BCUT2D eigenvalue weighted by Crippen LogP contribution is -2.60. The first-order valence-corrected chi connectivity index (χ1v) is 11.2. The molecule has 3 heterocycles. The molecular formula is C24H28F3N3O2. The molecule has 2 N–H and O–H groups in total. The van der Waals surface area contributed by atoms with Gasteiger partial charge in [-0.3, -0.25) is 9.69 Å². The summed E-state index contributed by atoms with van der Waals surface area (Å²) in [5, 5.41) is 12.5. The van der Waals surface area contributed by atoms with Crippen LogP contribution in [0.3, 0.4) is 0 Å². The van der Waals surface area contributed by atoms with E-state index in [0.717, 1.165) is 55.9 Å². The number of halogens is 3. The largest absolute Gasteiger partial charge is 0.481 e. The van der Waals surface area contributed by atoms with Crippen molar-refractivity contribution >= 4 is 11.8 Å². The first-order valence-electron chi connectivity index (χ1n) is 11.2. The summed E-state index contributed by atoms with van der Waals surface area (Å²) >= 11 is 0. The first-order chi connectivity index (χ1) is 15.3. The molecular weight excluding hydrogens is 419 g/mol. The molecule has 172 valence electrons. The van der Waals surface area contributed by atoms with E-state index in [0.29, 0.717) is 18.4 Å². The number of aryl methyl sites for hydroxylation is 2. The smallest absolute Gasteiger partial charge is 0.305 e. The van der Waals surface area contributed by atoms with Crippen LogP contribution in [0.5, 0.6) is 0 Å². The first kappa shape index (κ1) is 22.6. The number of nitrogens with zero attached hydrogens (tertiary/aromatic N) is 2. The number of nitrogens with one attached hydrogen (secondary N) is 1. The topological polar surface area (TPSA) is 65.5 Å². The Morgan fingerprint density at radius 3 is 2.75 bits per heavy atom. The van der Waals surface area contributed by atoms with Gasteiger partial charge in [-0.05, 0) is 67.9 Å².